The largest absolute Gasteiger partial charge is 0.356 e. The first-order valence-corrected chi connectivity index (χ1v) is 8.42. The molecular weight excluding hydrogens is 276 g/mol. The Morgan fingerprint density at radius 3 is 2.68 bits per heavy atom. The zero-order valence-corrected chi connectivity index (χ0v) is 14.0. The molecule has 1 aliphatic rings. The summed E-state index contributed by atoms with van der Waals surface area (Å²) in [6, 6.07) is 0. The molecule has 1 fully saturated rings. The van der Waals surface area contributed by atoms with Gasteiger partial charge in [0.2, 0.25) is 0 Å². The van der Waals surface area contributed by atoms with Crippen LogP contribution in [0.5, 0.6) is 0 Å². The summed E-state index contributed by atoms with van der Waals surface area (Å²) in [7, 11) is 3.78. The van der Waals surface area contributed by atoms with Gasteiger partial charge in [0.15, 0.2) is 5.96 Å². The van der Waals surface area contributed by atoms with Gasteiger partial charge in [-0.3, -0.25) is 9.67 Å². The number of hydrogen-bond acceptors (Lipinski definition) is 3. The van der Waals surface area contributed by atoms with Crippen LogP contribution in [0.15, 0.2) is 17.4 Å². The highest BCUT2D eigenvalue weighted by Gasteiger charge is 2.09. The van der Waals surface area contributed by atoms with Gasteiger partial charge in [0.25, 0.3) is 0 Å². The monoisotopic (exact) mass is 306 g/mol. The summed E-state index contributed by atoms with van der Waals surface area (Å²) >= 11 is 0. The molecule has 1 aromatic rings. The van der Waals surface area contributed by atoms with Gasteiger partial charge in [-0.2, -0.15) is 5.10 Å². The van der Waals surface area contributed by atoms with Gasteiger partial charge in [0.05, 0.1) is 6.20 Å². The van der Waals surface area contributed by atoms with Crippen molar-refractivity contribution in [3.05, 3.63) is 18.0 Å². The van der Waals surface area contributed by atoms with E-state index in [0.29, 0.717) is 0 Å². The van der Waals surface area contributed by atoms with Crippen LogP contribution in [0.1, 0.15) is 31.2 Å². The van der Waals surface area contributed by atoms with Crippen LogP contribution in [0.2, 0.25) is 0 Å². The molecule has 2 rings (SSSR count). The Balaban J connectivity index is 1.54. The Kier molecular flexibility index (Phi) is 7.22. The lowest BCUT2D eigenvalue weighted by Crippen LogP contribution is -2.42. The Morgan fingerprint density at radius 2 is 2.00 bits per heavy atom. The number of guanidine groups is 1. The van der Waals surface area contributed by atoms with Gasteiger partial charge in [-0.1, -0.05) is 6.42 Å². The Bertz CT molecular complexity index is 447. The van der Waals surface area contributed by atoms with E-state index in [2.05, 4.69) is 31.8 Å². The third kappa shape index (κ3) is 6.05. The summed E-state index contributed by atoms with van der Waals surface area (Å²) in [6.07, 6.45) is 10.2. The summed E-state index contributed by atoms with van der Waals surface area (Å²) < 4.78 is 1.85. The summed E-state index contributed by atoms with van der Waals surface area (Å²) in [5.41, 5.74) is 1.29. The molecule has 0 aromatic carbocycles. The van der Waals surface area contributed by atoms with Gasteiger partial charge >= 0.3 is 0 Å². The number of piperidine rings is 1. The second kappa shape index (κ2) is 9.46. The van der Waals surface area contributed by atoms with Crippen molar-refractivity contribution >= 4 is 5.96 Å². The van der Waals surface area contributed by atoms with E-state index < -0.39 is 0 Å². The molecule has 0 saturated carbocycles. The molecule has 1 saturated heterocycles. The minimum Gasteiger partial charge on any atom is -0.356 e. The number of nitrogens with one attached hydrogen (secondary N) is 2. The van der Waals surface area contributed by atoms with Gasteiger partial charge in [0, 0.05) is 39.9 Å². The molecule has 0 aliphatic carbocycles. The number of aryl methyl sites for hydroxylation is 2. The van der Waals surface area contributed by atoms with Gasteiger partial charge in [-0.15, -0.1) is 0 Å². The fourth-order valence-corrected chi connectivity index (χ4v) is 2.84. The average molecular weight is 306 g/mol. The molecule has 0 unspecified atom stereocenters. The van der Waals surface area contributed by atoms with Crippen molar-refractivity contribution in [1.29, 1.82) is 0 Å². The topological polar surface area (TPSA) is 57.5 Å². The molecule has 0 spiro atoms. The molecule has 0 amide bonds. The molecule has 124 valence electrons. The van der Waals surface area contributed by atoms with E-state index in [-0.39, 0.29) is 0 Å². The van der Waals surface area contributed by atoms with Crippen LogP contribution in [0.25, 0.3) is 0 Å². The lowest BCUT2D eigenvalue weighted by Gasteiger charge is -2.26. The maximum absolute atomic E-state index is 4.28. The standard InChI is InChI=1S/C16H30N6/c1-17-16(19-9-12-22-10-4-3-5-11-22)18-8-6-7-15-13-20-21(2)14-15/h13-14H,3-12H2,1-2H3,(H2,17,18,19). The van der Waals surface area contributed by atoms with E-state index in [1.165, 1.54) is 37.9 Å². The smallest absolute Gasteiger partial charge is 0.191 e. The normalized spacial score (nSPS) is 16.7. The first-order valence-electron chi connectivity index (χ1n) is 8.42. The highest BCUT2D eigenvalue weighted by molar-refractivity contribution is 5.79. The van der Waals surface area contributed by atoms with E-state index in [1.807, 2.05) is 25.0 Å². The van der Waals surface area contributed by atoms with Crippen LogP contribution in [0, 0.1) is 0 Å². The van der Waals surface area contributed by atoms with Crippen LogP contribution in [-0.4, -0.2) is 60.4 Å². The lowest BCUT2D eigenvalue weighted by atomic mass is 10.1. The van der Waals surface area contributed by atoms with E-state index in [0.717, 1.165) is 38.4 Å². The summed E-state index contributed by atoms with van der Waals surface area (Å²) in [4.78, 5) is 6.81. The number of aromatic nitrogens is 2. The van der Waals surface area contributed by atoms with Crippen molar-refractivity contribution in [2.45, 2.75) is 32.1 Å². The number of nitrogens with zero attached hydrogens (tertiary/aromatic N) is 4. The number of likely N-dealkylation sites (tertiary alicyclic amines) is 1. The maximum atomic E-state index is 4.28. The van der Waals surface area contributed by atoms with Crippen molar-refractivity contribution in [3.8, 4) is 0 Å². The van der Waals surface area contributed by atoms with E-state index in [1.54, 1.807) is 0 Å². The number of aliphatic imine (C=N–C) groups is 1. The van der Waals surface area contributed by atoms with Crippen LogP contribution >= 0.6 is 0 Å². The predicted octanol–water partition coefficient (Wildman–Crippen LogP) is 1.00. The van der Waals surface area contributed by atoms with Gasteiger partial charge in [0.1, 0.15) is 0 Å². The molecule has 1 aromatic heterocycles. The third-order valence-electron chi connectivity index (χ3n) is 4.09. The van der Waals surface area contributed by atoms with E-state index in [4.69, 9.17) is 0 Å². The molecule has 0 radical (unpaired) electrons. The predicted molar refractivity (Wildman–Crippen MR) is 91.2 cm³/mol. The average Bonchev–Trinajstić information content (AvgIpc) is 2.96. The van der Waals surface area contributed by atoms with E-state index >= 15 is 0 Å². The minimum absolute atomic E-state index is 0.906. The van der Waals surface area contributed by atoms with Crippen molar-refractivity contribution in [1.82, 2.24) is 25.3 Å². The SMILES string of the molecule is CN=C(NCCCc1cnn(C)c1)NCCN1CCCCC1. The van der Waals surface area contributed by atoms with Gasteiger partial charge in [-0.05, 0) is 44.3 Å². The lowest BCUT2D eigenvalue weighted by molar-refractivity contribution is 0.232. The first-order chi connectivity index (χ1) is 10.8. The Labute approximate surface area is 134 Å². The molecule has 6 nitrogen and oxygen atoms in total. The number of hydrogen-bond donors (Lipinski definition) is 2. The molecule has 1 aliphatic heterocycles. The van der Waals surface area contributed by atoms with Crippen LogP contribution in [-0.2, 0) is 13.5 Å². The van der Waals surface area contributed by atoms with Crippen molar-refractivity contribution in [2.75, 3.05) is 39.8 Å². The second-order valence-corrected chi connectivity index (χ2v) is 5.95. The molecule has 0 bridgehead atoms. The second-order valence-electron chi connectivity index (χ2n) is 5.95. The zero-order valence-electron chi connectivity index (χ0n) is 14.0. The molecule has 6 heteroatoms. The maximum Gasteiger partial charge on any atom is 0.191 e. The van der Waals surface area contributed by atoms with Crippen LogP contribution in [0.4, 0.5) is 0 Å². The summed E-state index contributed by atoms with van der Waals surface area (Å²) in [5, 5.41) is 11.0. The molecular formula is C16H30N6. The summed E-state index contributed by atoms with van der Waals surface area (Å²) in [5.74, 6) is 0.906. The van der Waals surface area contributed by atoms with Gasteiger partial charge in [-0.25, -0.2) is 0 Å². The minimum atomic E-state index is 0.906. The van der Waals surface area contributed by atoms with Crippen molar-refractivity contribution in [2.24, 2.45) is 12.0 Å². The zero-order chi connectivity index (χ0) is 15.6. The molecule has 2 N–H and O–H groups in total. The Hall–Kier alpha value is -1.56. The van der Waals surface area contributed by atoms with E-state index in [9.17, 15) is 0 Å². The molecule has 2 heterocycles. The van der Waals surface area contributed by atoms with Crippen LogP contribution < -0.4 is 10.6 Å². The third-order valence-corrected chi connectivity index (χ3v) is 4.09. The fourth-order valence-electron chi connectivity index (χ4n) is 2.84. The Morgan fingerprint density at radius 1 is 1.23 bits per heavy atom. The molecule has 0 atom stereocenters. The first kappa shape index (κ1) is 16.8. The van der Waals surface area contributed by atoms with Gasteiger partial charge < -0.3 is 15.5 Å². The van der Waals surface area contributed by atoms with Crippen LogP contribution in [0.3, 0.4) is 0 Å². The van der Waals surface area contributed by atoms with Crippen molar-refractivity contribution in [3.63, 3.8) is 0 Å². The molecule has 22 heavy (non-hydrogen) atoms. The highest BCUT2D eigenvalue weighted by atomic mass is 15.2. The fraction of sp³-hybridized carbons (Fsp3) is 0.750. The van der Waals surface area contributed by atoms with Crippen molar-refractivity contribution < 1.29 is 0 Å². The quantitative estimate of drug-likeness (QED) is 0.448. The number of rotatable bonds is 7. The highest BCUT2D eigenvalue weighted by Crippen LogP contribution is 2.07. The summed E-state index contributed by atoms with van der Waals surface area (Å²) in [6.45, 7) is 5.49.